The maximum absolute atomic E-state index is 11.6. The summed E-state index contributed by atoms with van der Waals surface area (Å²) in [5.74, 6) is -0.345. The Bertz CT molecular complexity index is 445. The SMILES string of the molecule is CC1CC1C(=O)Nc1cc(C(=O)O)ccn1. The van der Waals surface area contributed by atoms with Crippen molar-refractivity contribution in [3.63, 3.8) is 0 Å². The van der Waals surface area contributed by atoms with Crippen molar-refractivity contribution in [1.29, 1.82) is 0 Å². The topological polar surface area (TPSA) is 79.3 Å². The Kier molecular flexibility index (Phi) is 2.60. The van der Waals surface area contributed by atoms with Gasteiger partial charge in [-0.05, 0) is 24.5 Å². The molecule has 16 heavy (non-hydrogen) atoms. The zero-order valence-electron chi connectivity index (χ0n) is 8.80. The van der Waals surface area contributed by atoms with E-state index in [9.17, 15) is 9.59 Å². The Morgan fingerprint density at radius 3 is 2.81 bits per heavy atom. The van der Waals surface area contributed by atoms with Gasteiger partial charge in [-0.15, -0.1) is 0 Å². The fraction of sp³-hybridized carbons (Fsp3) is 0.364. The van der Waals surface area contributed by atoms with Gasteiger partial charge in [0, 0.05) is 12.1 Å². The minimum absolute atomic E-state index is 0.0512. The number of carbonyl (C=O) groups excluding carboxylic acids is 1. The van der Waals surface area contributed by atoms with Crippen molar-refractivity contribution in [2.45, 2.75) is 13.3 Å². The van der Waals surface area contributed by atoms with Crippen LogP contribution in [0.15, 0.2) is 18.3 Å². The van der Waals surface area contributed by atoms with Crippen LogP contribution in [0.5, 0.6) is 0 Å². The van der Waals surface area contributed by atoms with E-state index in [0.717, 1.165) is 6.42 Å². The number of carboxylic acids is 1. The minimum atomic E-state index is -1.03. The highest BCUT2D eigenvalue weighted by Crippen LogP contribution is 2.38. The number of aromatic nitrogens is 1. The summed E-state index contributed by atoms with van der Waals surface area (Å²) >= 11 is 0. The molecule has 2 atom stereocenters. The number of rotatable bonds is 3. The van der Waals surface area contributed by atoms with Crippen LogP contribution < -0.4 is 5.32 Å². The van der Waals surface area contributed by atoms with Crippen LogP contribution in [-0.2, 0) is 4.79 Å². The van der Waals surface area contributed by atoms with E-state index < -0.39 is 5.97 Å². The summed E-state index contributed by atoms with van der Waals surface area (Å²) in [7, 11) is 0. The molecule has 2 N–H and O–H groups in total. The van der Waals surface area contributed by atoms with Crippen LogP contribution in [0.25, 0.3) is 0 Å². The monoisotopic (exact) mass is 220 g/mol. The molecule has 1 fully saturated rings. The molecule has 0 aliphatic heterocycles. The number of nitrogens with one attached hydrogen (secondary N) is 1. The minimum Gasteiger partial charge on any atom is -0.478 e. The van der Waals surface area contributed by atoms with Crippen molar-refractivity contribution < 1.29 is 14.7 Å². The van der Waals surface area contributed by atoms with Crippen molar-refractivity contribution >= 4 is 17.7 Å². The third-order valence-corrected chi connectivity index (χ3v) is 2.70. The van der Waals surface area contributed by atoms with E-state index in [0.29, 0.717) is 11.7 Å². The van der Waals surface area contributed by atoms with Crippen molar-refractivity contribution in [3.05, 3.63) is 23.9 Å². The van der Waals surface area contributed by atoms with Gasteiger partial charge in [-0.2, -0.15) is 0 Å². The number of hydrogen-bond acceptors (Lipinski definition) is 3. The molecule has 1 saturated carbocycles. The van der Waals surface area contributed by atoms with Gasteiger partial charge in [-0.25, -0.2) is 9.78 Å². The second-order valence-corrected chi connectivity index (χ2v) is 4.04. The van der Waals surface area contributed by atoms with E-state index in [-0.39, 0.29) is 17.4 Å². The van der Waals surface area contributed by atoms with E-state index in [2.05, 4.69) is 10.3 Å². The Balaban J connectivity index is 2.06. The summed E-state index contributed by atoms with van der Waals surface area (Å²) in [6.07, 6.45) is 2.26. The van der Waals surface area contributed by atoms with Crippen LogP contribution >= 0.6 is 0 Å². The van der Waals surface area contributed by atoms with Gasteiger partial charge in [0.1, 0.15) is 5.82 Å². The summed E-state index contributed by atoms with van der Waals surface area (Å²) in [5, 5.41) is 11.4. The molecule has 0 saturated heterocycles. The highest BCUT2D eigenvalue weighted by molar-refractivity contribution is 5.95. The molecule has 0 spiro atoms. The van der Waals surface area contributed by atoms with Gasteiger partial charge in [-0.1, -0.05) is 6.92 Å². The first-order chi connectivity index (χ1) is 7.58. The van der Waals surface area contributed by atoms with Crippen LogP contribution in [0, 0.1) is 11.8 Å². The molecule has 2 rings (SSSR count). The molecule has 2 unspecified atom stereocenters. The second-order valence-electron chi connectivity index (χ2n) is 4.04. The third-order valence-electron chi connectivity index (χ3n) is 2.70. The maximum atomic E-state index is 11.6. The average Bonchev–Trinajstić information content (AvgIpc) is 2.96. The zero-order valence-corrected chi connectivity index (χ0v) is 8.80. The lowest BCUT2D eigenvalue weighted by atomic mass is 10.2. The van der Waals surface area contributed by atoms with Crippen molar-refractivity contribution in [3.8, 4) is 0 Å². The summed E-state index contributed by atoms with van der Waals surface area (Å²) in [5.41, 5.74) is 0.120. The Labute approximate surface area is 92.5 Å². The quantitative estimate of drug-likeness (QED) is 0.806. The summed E-state index contributed by atoms with van der Waals surface area (Å²) in [6.45, 7) is 2.01. The molecule has 5 heteroatoms. The molecule has 84 valence electrons. The lowest BCUT2D eigenvalue weighted by Crippen LogP contribution is -2.15. The highest BCUT2D eigenvalue weighted by atomic mass is 16.4. The first-order valence-corrected chi connectivity index (χ1v) is 5.08. The van der Waals surface area contributed by atoms with Crippen LogP contribution in [0.4, 0.5) is 5.82 Å². The van der Waals surface area contributed by atoms with Gasteiger partial charge in [0.15, 0.2) is 0 Å². The number of hydrogen-bond donors (Lipinski definition) is 2. The molecule has 1 aromatic rings. The molecule has 1 amide bonds. The van der Waals surface area contributed by atoms with Crippen LogP contribution in [0.1, 0.15) is 23.7 Å². The Morgan fingerprint density at radius 2 is 2.25 bits per heavy atom. The highest BCUT2D eigenvalue weighted by Gasteiger charge is 2.39. The number of carboxylic acid groups (broad SMARTS) is 1. The van der Waals surface area contributed by atoms with Crippen molar-refractivity contribution in [2.24, 2.45) is 11.8 Å². The molecule has 1 aromatic heterocycles. The molecule has 0 radical (unpaired) electrons. The van der Waals surface area contributed by atoms with E-state index >= 15 is 0 Å². The predicted molar refractivity (Wildman–Crippen MR) is 57.1 cm³/mol. The summed E-state index contributed by atoms with van der Waals surface area (Å²) < 4.78 is 0. The first kappa shape index (κ1) is 10.6. The van der Waals surface area contributed by atoms with Gasteiger partial charge >= 0.3 is 5.97 Å². The second kappa shape index (κ2) is 3.92. The fourth-order valence-electron chi connectivity index (χ4n) is 1.54. The molecule has 1 aliphatic rings. The summed E-state index contributed by atoms with van der Waals surface area (Å²) in [4.78, 5) is 26.2. The van der Waals surface area contributed by atoms with Gasteiger partial charge in [-0.3, -0.25) is 4.79 Å². The molecule has 1 heterocycles. The largest absolute Gasteiger partial charge is 0.478 e. The molecule has 0 bridgehead atoms. The average molecular weight is 220 g/mol. The predicted octanol–water partition coefficient (Wildman–Crippen LogP) is 1.37. The molecule has 1 aliphatic carbocycles. The summed E-state index contributed by atoms with van der Waals surface area (Å²) in [6, 6.07) is 2.74. The van der Waals surface area contributed by atoms with Crippen LogP contribution in [0.2, 0.25) is 0 Å². The standard InChI is InChI=1S/C11H12N2O3/c1-6-4-8(6)10(14)13-9-5-7(11(15)16)2-3-12-9/h2-3,5-6,8H,4H2,1H3,(H,15,16)(H,12,13,14). The van der Waals surface area contributed by atoms with Crippen LogP contribution in [-0.4, -0.2) is 22.0 Å². The van der Waals surface area contributed by atoms with Crippen LogP contribution in [0.3, 0.4) is 0 Å². The van der Waals surface area contributed by atoms with E-state index in [1.807, 2.05) is 6.92 Å². The fourth-order valence-corrected chi connectivity index (χ4v) is 1.54. The van der Waals surface area contributed by atoms with Gasteiger partial charge in [0.05, 0.1) is 5.56 Å². The number of pyridine rings is 1. The van der Waals surface area contributed by atoms with E-state index in [4.69, 9.17) is 5.11 Å². The molecular weight excluding hydrogens is 208 g/mol. The lowest BCUT2D eigenvalue weighted by Gasteiger charge is -2.03. The van der Waals surface area contributed by atoms with Gasteiger partial charge in [0.25, 0.3) is 0 Å². The first-order valence-electron chi connectivity index (χ1n) is 5.08. The maximum Gasteiger partial charge on any atom is 0.335 e. The normalized spacial score (nSPS) is 22.6. The van der Waals surface area contributed by atoms with Gasteiger partial charge < -0.3 is 10.4 Å². The smallest absolute Gasteiger partial charge is 0.335 e. The molecular formula is C11H12N2O3. The number of aromatic carboxylic acids is 1. The van der Waals surface area contributed by atoms with E-state index in [1.165, 1.54) is 18.3 Å². The Morgan fingerprint density at radius 1 is 1.56 bits per heavy atom. The lowest BCUT2D eigenvalue weighted by molar-refractivity contribution is -0.117. The molecule has 0 aromatic carbocycles. The number of amides is 1. The Hall–Kier alpha value is -1.91. The molecule has 5 nitrogen and oxygen atoms in total. The van der Waals surface area contributed by atoms with Crippen molar-refractivity contribution in [1.82, 2.24) is 4.98 Å². The third kappa shape index (κ3) is 2.18. The van der Waals surface area contributed by atoms with E-state index in [1.54, 1.807) is 0 Å². The number of nitrogens with zero attached hydrogens (tertiary/aromatic N) is 1. The number of anilines is 1. The zero-order chi connectivity index (χ0) is 11.7. The van der Waals surface area contributed by atoms with Gasteiger partial charge in [0.2, 0.25) is 5.91 Å². The number of carbonyl (C=O) groups is 2. The van der Waals surface area contributed by atoms with Crippen molar-refractivity contribution in [2.75, 3.05) is 5.32 Å².